The Morgan fingerprint density at radius 3 is 2.11 bits per heavy atom. The molecule has 4 rings (SSSR count). The van der Waals surface area contributed by atoms with E-state index in [1.807, 2.05) is 44.2 Å². The van der Waals surface area contributed by atoms with E-state index < -0.39 is 25.6 Å². The van der Waals surface area contributed by atoms with Crippen LogP contribution in [0, 0.1) is 16.0 Å². The van der Waals surface area contributed by atoms with E-state index in [2.05, 4.69) is 30.0 Å². The number of benzene rings is 3. The zero-order valence-electron chi connectivity index (χ0n) is 26.9. The smallest absolute Gasteiger partial charge is 0.269 e. The number of carbonyl (C=O) groups is 1. The number of likely N-dealkylation sites (tertiary alicyclic amines) is 1. The van der Waals surface area contributed by atoms with Gasteiger partial charge in [-0.15, -0.1) is 0 Å². The van der Waals surface area contributed by atoms with Crippen molar-refractivity contribution in [2.75, 3.05) is 26.2 Å². The Morgan fingerprint density at radius 1 is 0.957 bits per heavy atom. The van der Waals surface area contributed by atoms with Gasteiger partial charge in [-0.1, -0.05) is 79.7 Å². The van der Waals surface area contributed by atoms with Crippen molar-refractivity contribution >= 4 is 21.6 Å². The number of carboxylic acid groups (broad SMARTS) is 1. The van der Waals surface area contributed by atoms with E-state index in [-0.39, 0.29) is 24.2 Å². The van der Waals surface area contributed by atoms with E-state index in [0.717, 1.165) is 44.5 Å². The molecule has 0 aromatic heterocycles. The Kier molecular flexibility index (Phi) is 11.4. The molecular weight excluding hydrogens is 602 g/mol. The number of non-ortho nitro benzene ring substituents is 1. The lowest BCUT2D eigenvalue weighted by Gasteiger charge is -2.40. The van der Waals surface area contributed by atoms with E-state index in [1.54, 1.807) is 36.4 Å². The van der Waals surface area contributed by atoms with Crippen molar-refractivity contribution < 1.29 is 23.2 Å². The van der Waals surface area contributed by atoms with Crippen molar-refractivity contribution in [1.29, 1.82) is 0 Å². The third-order valence-corrected chi connectivity index (χ3v) is 11.7. The molecule has 0 spiro atoms. The molecule has 0 aliphatic carbocycles. The number of nitro benzene ring substituents is 1. The Bertz CT molecular complexity index is 1590. The average Bonchev–Trinajstić information content (AvgIpc) is 3.04. The predicted molar refractivity (Wildman–Crippen MR) is 178 cm³/mol. The van der Waals surface area contributed by atoms with E-state index >= 15 is 0 Å². The van der Waals surface area contributed by atoms with Crippen LogP contribution in [0.1, 0.15) is 57.6 Å². The average molecular weight is 647 g/mol. The van der Waals surface area contributed by atoms with Gasteiger partial charge in [0, 0.05) is 25.2 Å². The van der Waals surface area contributed by atoms with Crippen LogP contribution in [0.2, 0.25) is 0 Å². The summed E-state index contributed by atoms with van der Waals surface area (Å²) in [5.74, 6) is 0.328. The maximum Gasteiger partial charge on any atom is 0.269 e. The van der Waals surface area contributed by atoms with Gasteiger partial charge in [-0.25, -0.2) is 8.42 Å². The van der Waals surface area contributed by atoms with E-state index in [0.29, 0.717) is 22.8 Å². The fourth-order valence-corrected chi connectivity index (χ4v) is 8.09. The van der Waals surface area contributed by atoms with Crippen molar-refractivity contribution in [2.45, 2.75) is 68.1 Å². The number of sulfone groups is 1. The van der Waals surface area contributed by atoms with Gasteiger partial charge in [0.05, 0.1) is 14.6 Å². The van der Waals surface area contributed by atoms with Gasteiger partial charge in [-0.2, -0.15) is 0 Å². The molecule has 1 aliphatic heterocycles. The van der Waals surface area contributed by atoms with Crippen LogP contribution in [0.3, 0.4) is 0 Å². The Hall–Kier alpha value is -4.02. The number of amides is 1. The molecule has 46 heavy (non-hydrogen) atoms. The van der Waals surface area contributed by atoms with Gasteiger partial charge >= 0.3 is 0 Å². The van der Waals surface area contributed by atoms with Crippen molar-refractivity contribution in [3.05, 3.63) is 118 Å². The number of allylic oxidation sites excluding steroid dienone is 1. The molecular formula is C36H44N3O6S-. The number of nitrogens with zero attached hydrogens (tertiary/aromatic N) is 3. The molecule has 9 nitrogen and oxygen atoms in total. The molecule has 1 aliphatic rings. The third-order valence-electron chi connectivity index (χ3n) is 9.19. The summed E-state index contributed by atoms with van der Waals surface area (Å²) in [6.45, 7) is 8.76. The topological polar surface area (TPSA) is 124 Å². The van der Waals surface area contributed by atoms with Crippen LogP contribution in [0.15, 0.2) is 102 Å². The normalized spacial score (nSPS) is 16.2. The highest BCUT2D eigenvalue weighted by atomic mass is 32.2. The van der Waals surface area contributed by atoms with Gasteiger partial charge in [0.2, 0.25) is 0 Å². The standard InChI is InChI=1S/C36H45N3O6S/c1-35(2,46(44,45)33-14-8-5-9-15-33)28-36(3,31-12-6-4-7-13-31)22-26-37-24-20-29(21-25-37)11-10-23-38(34(40)41)27-30-16-18-32(19-17-30)39(42)43/h4-19,29H,20-28H2,1-3H3,(H,40,41)/p-1. The first kappa shape index (κ1) is 34.8. The summed E-state index contributed by atoms with van der Waals surface area (Å²) in [4.78, 5) is 26.1. The second-order valence-corrected chi connectivity index (χ2v) is 15.7. The summed E-state index contributed by atoms with van der Waals surface area (Å²) in [6, 6.07) is 24.7. The zero-order valence-corrected chi connectivity index (χ0v) is 27.7. The lowest BCUT2D eigenvalue weighted by Crippen LogP contribution is -2.42. The molecule has 10 heteroatoms. The third kappa shape index (κ3) is 8.82. The van der Waals surface area contributed by atoms with Crippen LogP contribution in [0.4, 0.5) is 10.5 Å². The lowest BCUT2D eigenvalue weighted by atomic mass is 9.73. The van der Waals surface area contributed by atoms with Crippen molar-refractivity contribution in [3.63, 3.8) is 0 Å². The van der Waals surface area contributed by atoms with Gasteiger partial charge in [-0.05, 0) is 93.8 Å². The van der Waals surface area contributed by atoms with E-state index in [4.69, 9.17) is 0 Å². The first-order valence-electron chi connectivity index (χ1n) is 15.7. The highest BCUT2D eigenvalue weighted by Crippen LogP contribution is 2.41. The number of nitro groups is 1. The van der Waals surface area contributed by atoms with Crippen molar-refractivity contribution in [2.24, 2.45) is 5.92 Å². The monoisotopic (exact) mass is 646 g/mol. The quantitative estimate of drug-likeness (QED) is 0.120. The number of piperidine rings is 1. The summed E-state index contributed by atoms with van der Waals surface area (Å²) in [7, 11) is -3.56. The Balaban J connectivity index is 1.33. The van der Waals surface area contributed by atoms with Gasteiger partial charge in [0.1, 0.15) is 6.09 Å². The summed E-state index contributed by atoms with van der Waals surface area (Å²) in [5, 5.41) is 22.6. The minimum Gasteiger partial charge on any atom is -0.530 e. The maximum absolute atomic E-state index is 13.7. The molecule has 246 valence electrons. The predicted octanol–water partition coefficient (Wildman–Crippen LogP) is 6.00. The zero-order chi connectivity index (χ0) is 33.4. The Labute approximate surface area is 272 Å². The summed E-state index contributed by atoms with van der Waals surface area (Å²) in [5.41, 5.74) is 1.39. The Morgan fingerprint density at radius 2 is 1.54 bits per heavy atom. The fourth-order valence-electron chi connectivity index (χ4n) is 6.43. The molecule has 3 aromatic rings. The van der Waals surface area contributed by atoms with Gasteiger partial charge in [0.25, 0.3) is 5.69 Å². The SMILES string of the molecule is CC(CCN1CCC(C=CCN(Cc2ccc([N+](=O)[O-])cc2)C(=O)[O-])CC1)(CC(C)(C)S(=O)(=O)c1ccccc1)c1ccccc1. The molecule has 0 N–H and O–H groups in total. The largest absolute Gasteiger partial charge is 0.530 e. The summed E-state index contributed by atoms with van der Waals surface area (Å²) < 4.78 is 26.5. The van der Waals surface area contributed by atoms with Crippen LogP contribution in [0.5, 0.6) is 0 Å². The first-order valence-corrected chi connectivity index (χ1v) is 17.2. The van der Waals surface area contributed by atoms with Gasteiger partial charge < -0.3 is 19.7 Å². The number of carbonyl (C=O) groups excluding carboxylic acids is 1. The summed E-state index contributed by atoms with van der Waals surface area (Å²) >= 11 is 0. The number of rotatable bonds is 14. The molecule has 1 atom stereocenters. The minimum absolute atomic E-state index is 0.0421. The fraction of sp³-hybridized carbons (Fsp3) is 0.417. The van der Waals surface area contributed by atoms with Crippen LogP contribution < -0.4 is 5.11 Å². The maximum atomic E-state index is 13.7. The van der Waals surface area contributed by atoms with Crippen LogP contribution >= 0.6 is 0 Å². The molecule has 0 bridgehead atoms. The van der Waals surface area contributed by atoms with Crippen molar-refractivity contribution in [1.82, 2.24) is 9.80 Å². The summed E-state index contributed by atoms with van der Waals surface area (Å²) in [6.07, 6.45) is 5.83. The molecule has 0 saturated carbocycles. The molecule has 1 amide bonds. The van der Waals surface area contributed by atoms with Crippen molar-refractivity contribution in [3.8, 4) is 0 Å². The molecule has 3 aromatic carbocycles. The molecule has 0 radical (unpaired) electrons. The van der Waals surface area contributed by atoms with Gasteiger partial charge in [0.15, 0.2) is 9.84 Å². The molecule has 1 fully saturated rings. The number of hydrogen-bond donors (Lipinski definition) is 0. The van der Waals surface area contributed by atoms with Gasteiger partial charge in [-0.3, -0.25) is 10.1 Å². The minimum atomic E-state index is -3.56. The van der Waals surface area contributed by atoms with E-state index in [9.17, 15) is 28.4 Å². The van der Waals surface area contributed by atoms with Crippen LogP contribution in [0.25, 0.3) is 0 Å². The highest BCUT2D eigenvalue weighted by Gasteiger charge is 2.42. The second kappa shape index (κ2) is 15.0. The van der Waals surface area contributed by atoms with Crippen LogP contribution in [-0.2, 0) is 21.8 Å². The van der Waals surface area contributed by atoms with Crippen LogP contribution in [-0.4, -0.2) is 60.2 Å². The van der Waals surface area contributed by atoms with E-state index in [1.165, 1.54) is 17.0 Å². The molecule has 1 heterocycles. The second-order valence-electron chi connectivity index (χ2n) is 13.1. The molecule has 1 saturated heterocycles. The lowest BCUT2D eigenvalue weighted by molar-refractivity contribution is -0.384. The molecule has 1 unspecified atom stereocenters. The highest BCUT2D eigenvalue weighted by molar-refractivity contribution is 7.92. The first-order chi connectivity index (χ1) is 21.8. The number of hydrogen-bond acceptors (Lipinski definition) is 7.